The van der Waals surface area contributed by atoms with Gasteiger partial charge in [0.1, 0.15) is 17.5 Å². The minimum Gasteiger partial charge on any atom is -0.484 e. The van der Waals surface area contributed by atoms with E-state index in [1.807, 2.05) is 24.3 Å². The van der Waals surface area contributed by atoms with Crippen molar-refractivity contribution in [2.24, 2.45) is 0 Å². The fraction of sp³-hybridized carbons (Fsp3) is 0.444. The lowest BCUT2D eigenvalue weighted by atomic mass is 9.85. The van der Waals surface area contributed by atoms with Gasteiger partial charge in [-0.25, -0.2) is 0 Å². The summed E-state index contributed by atoms with van der Waals surface area (Å²) in [6, 6.07) is 6.72. The average Bonchev–Trinajstić information content (AvgIpc) is 2.95. The number of para-hydroxylation sites is 1. The molecule has 2 N–H and O–H groups in total. The van der Waals surface area contributed by atoms with Gasteiger partial charge in [-0.2, -0.15) is 0 Å². The predicted molar refractivity (Wildman–Crippen MR) is 89.0 cm³/mol. The van der Waals surface area contributed by atoms with Crippen LogP contribution in [0.4, 0.5) is 0 Å². The summed E-state index contributed by atoms with van der Waals surface area (Å²) in [6.45, 7) is 4.11. The number of nitrogens with one attached hydrogen (secondary N) is 1. The Hall–Kier alpha value is -2.34. The fourth-order valence-corrected chi connectivity index (χ4v) is 3.76. The van der Waals surface area contributed by atoms with Crippen LogP contribution in [0.5, 0.6) is 5.75 Å². The van der Waals surface area contributed by atoms with Gasteiger partial charge in [0.05, 0.1) is 17.1 Å². The molecular weight excluding hydrogens is 308 g/mol. The Kier molecular flexibility index (Phi) is 3.22. The van der Waals surface area contributed by atoms with Crippen LogP contribution in [0.25, 0.3) is 10.9 Å². The molecule has 1 saturated heterocycles. The second-order valence-corrected chi connectivity index (χ2v) is 7.03. The lowest BCUT2D eigenvalue weighted by molar-refractivity contribution is -0.139. The molecule has 3 heterocycles. The molecule has 2 aliphatic heterocycles. The Morgan fingerprint density at radius 1 is 1.29 bits per heavy atom. The number of rotatable bonds is 1. The first-order valence-electron chi connectivity index (χ1n) is 8.21. The van der Waals surface area contributed by atoms with Gasteiger partial charge in [0.25, 0.3) is 5.56 Å². The number of pyridine rings is 1. The number of hydrogen-bond acceptors (Lipinski definition) is 4. The third-order valence-electron chi connectivity index (χ3n) is 5.03. The van der Waals surface area contributed by atoms with Crippen LogP contribution in [-0.2, 0) is 4.79 Å². The van der Waals surface area contributed by atoms with Gasteiger partial charge in [0.15, 0.2) is 0 Å². The van der Waals surface area contributed by atoms with E-state index in [2.05, 4.69) is 4.98 Å². The van der Waals surface area contributed by atoms with Crippen molar-refractivity contribution in [3.8, 4) is 5.75 Å². The molecule has 0 unspecified atom stereocenters. The normalized spacial score (nSPS) is 25.6. The zero-order valence-electron chi connectivity index (χ0n) is 13.7. The molecule has 6 nitrogen and oxygen atoms in total. The number of benzene rings is 1. The van der Waals surface area contributed by atoms with Gasteiger partial charge in [0.2, 0.25) is 5.91 Å². The number of carbonyl (C=O) groups excluding carboxylic acids is 1. The van der Waals surface area contributed by atoms with Crippen LogP contribution in [0, 0.1) is 0 Å². The summed E-state index contributed by atoms with van der Waals surface area (Å²) >= 11 is 0. The largest absolute Gasteiger partial charge is 0.484 e. The van der Waals surface area contributed by atoms with E-state index in [1.165, 1.54) is 0 Å². The van der Waals surface area contributed by atoms with E-state index in [9.17, 15) is 14.7 Å². The highest BCUT2D eigenvalue weighted by molar-refractivity contribution is 5.87. The van der Waals surface area contributed by atoms with E-state index in [-0.39, 0.29) is 11.5 Å². The summed E-state index contributed by atoms with van der Waals surface area (Å²) in [5.74, 6) is 0.435. The highest BCUT2D eigenvalue weighted by Gasteiger charge is 2.49. The van der Waals surface area contributed by atoms with Crippen molar-refractivity contribution >= 4 is 16.8 Å². The number of amides is 1. The van der Waals surface area contributed by atoms with Crippen molar-refractivity contribution in [2.45, 2.75) is 44.4 Å². The van der Waals surface area contributed by atoms with Crippen molar-refractivity contribution in [3.63, 3.8) is 0 Å². The number of ether oxygens (including phenoxy) is 1. The van der Waals surface area contributed by atoms with Crippen LogP contribution in [0.1, 0.15) is 38.3 Å². The molecule has 24 heavy (non-hydrogen) atoms. The van der Waals surface area contributed by atoms with Crippen LogP contribution in [0.2, 0.25) is 0 Å². The number of fused-ring (bicyclic) bond motifs is 3. The zero-order valence-corrected chi connectivity index (χ0v) is 13.7. The topological polar surface area (TPSA) is 82.6 Å². The number of aliphatic hydroxyl groups is 1. The standard InChI is InChI=1S/C18H20N2O4/c1-18(2)16(22)14(20-9-5-8-12(20)21)13-15(24-18)10-6-3-4-7-11(10)19-17(13)23/h3-4,6-7,14,16,22H,5,8-9H2,1-2H3,(H,19,23)/t14-,16+/m1/s1. The lowest BCUT2D eigenvalue weighted by Crippen LogP contribution is -2.55. The molecule has 126 valence electrons. The smallest absolute Gasteiger partial charge is 0.257 e. The molecule has 1 amide bonds. The molecule has 0 saturated carbocycles. The molecule has 6 heteroatoms. The molecule has 0 aliphatic carbocycles. The molecule has 1 aromatic heterocycles. The molecular formula is C18H20N2O4. The minimum absolute atomic E-state index is 0.0322. The van der Waals surface area contributed by atoms with E-state index in [1.54, 1.807) is 18.7 Å². The molecule has 0 radical (unpaired) electrons. The number of aliphatic hydroxyl groups excluding tert-OH is 1. The van der Waals surface area contributed by atoms with E-state index in [0.29, 0.717) is 29.8 Å². The maximum Gasteiger partial charge on any atom is 0.257 e. The third-order valence-corrected chi connectivity index (χ3v) is 5.03. The first-order chi connectivity index (χ1) is 11.4. The van der Waals surface area contributed by atoms with Crippen molar-refractivity contribution in [3.05, 3.63) is 40.2 Å². The number of hydrogen-bond donors (Lipinski definition) is 2. The average molecular weight is 328 g/mol. The molecule has 2 aliphatic rings. The van der Waals surface area contributed by atoms with E-state index in [4.69, 9.17) is 4.74 Å². The van der Waals surface area contributed by atoms with E-state index >= 15 is 0 Å². The van der Waals surface area contributed by atoms with Gasteiger partial charge in [-0.15, -0.1) is 0 Å². The van der Waals surface area contributed by atoms with Crippen molar-refractivity contribution in [2.75, 3.05) is 6.54 Å². The Labute approximate surface area is 139 Å². The van der Waals surface area contributed by atoms with Gasteiger partial charge in [-0.3, -0.25) is 9.59 Å². The van der Waals surface area contributed by atoms with Crippen LogP contribution in [0.15, 0.2) is 29.1 Å². The summed E-state index contributed by atoms with van der Waals surface area (Å²) in [6.07, 6.45) is 0.212. The van der Waals surface area contributed by atoms with Gasteiger partial charge in [-0.1, -0.05) is 12.1 Å². The summed E-state index contributed by atoms with van der Waals surface area (Å²) in [5, 5.41) is 11.6. The molecule has 1 fully saturated rings. The highest BCUT2D eigenvalue weighted by Crippen LogP contribution is 2.44. The van der Waals surface area contributed by atoms with Gasteiger partial charge in [-0.05, 0) is 32.4 Å². The van der Waals surface area contributed by atoms with E-state index in [0.717, 1.165) is 11.8 Å². The predicted octanol–water partition coefficient (Wildman–Crippen LogP) is 1.72. The lowest BCUT2D eigenvalue weighted by Gasteiger charge is -2.45. The number of aromatic amines is 1. The van der Waals surface area contributed by atoms with Crippen LogP contribution >= 0.6 is 0 Å². The Morgan fingerprint density at radius 3 is 2.75 bits per heavy atom. The minimum atomic E-state index is -0.977. The Balaban J connectivity index is 2.01. The Morgan fingerprint density at radius 2 is 2.04 bits per heavy atom. The summed E-state index contributed by atoms with van der Waals surface area (Å²) in [5.41, 5.74) is -0.199. The highest BCUT2D eigenvalue weighted by atomic mass is 16.5. The number of nitrogens with zero attached hydrogens (tertiary/aromatic N) is 1. The SMILES string of the molecule is CC1(C)Oc2c(c(=O)[nH]c3ccccc23)[C@@H](N2CCCC2=O)[C@@H]1O. The second-order valence-electron chi connectivity index (χ2n) is 7.03. The first-order valence-corrected chi connectivity index (χ1v) is 8.21. The summed E-state index contributed by atoms with van der Waals surface area (Å²) in [4.78, 5) is 29.5. The number of aromatic nitrogens is 1. The van der Waals surface area contributed by atoms with Crippen LogP contribution < -0.4 is 10.3 Å². The Bertz CT molecular complexity index is 886. The van der Waals surface area contributed by atoms with Gasteiger partial charge < -0.3 is 19.7 Å². The van der Waals surface area contributed by atoms with Crippen LogP contribution in [-0.4, -0.2) is 39.1 Å². The molecule has 0 spiro atoms. The van der Waals surface area contributed by atoms with Crippen molar-refractivity contribution < 1.29 is 14.6 Å². The van der Waals surface area contributed by atoms with Crippen LogP contribution in [0.3, 0.4) is 0 Å². The van der Waals surface area contributed by atoms with Crippen molar-refractivity contribution in [1.82, 2.24) is 9.88 Å². The van der Waals surface area contributed by atoms with Gasteiger partial charge in [0, 0.05) is 18.4 Å². The third kappa shape index (κ3) is 2.06. The maximum atomic E-state index is 12.7. The molecule has 1 aromatic carbocycles. The zero-order chi connectivity index (χ0) is 17.1. The number of H-pyrrole nitrogens is 1. The van der Waals surface area contributed by atoms with Gasteiger partial charge >= 0.3 is 0 Å². The quantitative estimate of drug-likeness (QED) is 0.835. The molecule has 0 bridgehead atoms. The number of likely N-dealkylation sites (tertiary alicyclic amines) is 1. The summed E-state index contributed by atoms with van der Waals surface area (Å²) in [7, 11) is 0. The van der Waals surface area contributed by atoms with Crippen molar-refractivity contribution in [1.29, 1.82) is 0 Å². The fourth-order valence-electron chi connectivity index (χ4n) is 3.76. The first kappa shape index (κ1) is 15.2. The monoisotopic (exact) mass is 328 g/mol. The maximum absolute atomic E-state index is 12.7. The summed E-state index contributed by atoms with van der Waals surface area (Å²) < 4.78 is 6.04. The van der Waals surface area contributed by atoms with E-state index < -0.39 is 17.7 Å². The molecule has 2 atom stereocenters. The molecule has 2 aromatic rings. The number of carbonyl (C=O) groups is 1. The second kappa shape index (κ2) is 5.08. The molecule has 4 rings (SSSR count).